The lowest BCUT2D eigenvalue weighted by atomic mass is 9.70. The van der Waals surface area contributed by atoms with Crippen LogP contribution in [0.3, 0.4) is 0 Å². The van der Waals surface area contributed by atoms with E-state index in [1.807, 2.05) is 9.80 Å². The molecule has 1 saturated carbocycles. The van der Waals surface area contributed by atoms with Crippen LogP contribution < -0.4 is 0 Å². The van der Waals surface area contributed by atoms with Crippen LogP contribution in [0.2, 0.25) is 0 Å². The van der Waals surface area contributed by atoms with Crippen molar-refractivity contribution < 1.29 is 14.0 Å². The molecule has 3 fully saturated rings. The maximum absolute atomic E-state index is 13.1. The normalized spacial score (nSPS) is 23.7. The third kappa shape index (κ3) is 3.22. The first-order valence-electron chi connectivity index (χ1n) is 10.3. The summed E-state index contributed by atoms with van der Waals surface area (Å²) in [6.07, 6.45) is 7.09. The molecule has 154 valence electrons. The second kappa shape index (κ2) is 6.67. The second-order valence-electron chi connectivity index (χ2n) is 8.76. The number of carbonyl (C=O) groups is 2. The van der Waals surface area contributed by atoms with Crippen LogP contribution in [0.1, 0.15) is 53.7 Å². The Labute approximate surface area is 169 Å². The molecule has 0 radical (unpaired) electrons. The molecule has 2 aromatic heterocycles. The van der Waals surface area contributed by atoms with Crippen molar-refractivity contribution in [3.63, 3.8) is 0 Å². The number of hydrogen-bond acceptors (Lipinski definition) is 6. The summed E-state index contributed by atoms with van der Waals surface area (Å²) in [5.41, 5.74) is 0.448. The lowest BCUT2D eigenvalue weighted by Crippen LogP contribution is -2.46. The van der Waals surface area contributed by atoms with Gasteiger partial charge in [-0.3, -0.25) is 14.3 Å². The number of carbonyl (C=O) groups excluding carboxylic acids is 2. The molecule has 0 N–H and O–H groups in total. The van der Waals surface area contributed by atoms with E-state index >= 15 is 0 Å². The van der Waals surface area contributed by atoms with Gasteiger partial charge in [0.05, 0.1) is 17.7 Å². The lowest BCUT2D eigenvalue weighted by Gasteiger charge is -2.41. The van der Waals surface area contributed by atoms with Crippen molar-refractivity contribution in [2.75, 3.05) is 26.2 Å². The van der Waals surface area contributed by atoms with Crippen molar-refractivity contribution in [2.45, 2.75) is 38.5 Å². The quantitative estimate of drug-likeness (QED) is 0.775. The van der Waals surface area contributed by atoms with Gasteiger partial charge >= 0.3 is 0 Å². The minimum atomic E-state index is -0.142. The van der Waals surface area contributed by atoms with Crippen LogP contribution in [0.5, 0.6) is 0 Å². The molecule has 2 amide bonds. The van der Waals surface area contributed by atoms with Gasteiger partial charge in [-0.25, -0.2) is 0 Å². The van der Waals surface area contributed by atoms with Crippen molar-refractivity contribution in [3.05, 3.63) is 29.7 Å². The van der Waals surface area contributed by atoms with E-state index in [0.717, 1.165) is 38.8 Å². The van der Waals surface area contributed by atoms with Gasteiger partial charge in [-0.05, 0) is 25.7 Å². The molecule has 3 aliphatic rings. The highest BCUT2D eigenvalue weighted by Gasteiger charge is 2.53. The number of aromatic nitrogens is 4. The van der Waals surface area contributed by atoms with Gasteiger partial charge in [0.1, 0.15) is 0 Å². The van der Waals surface area contributed by atoms with Crippen LogP contribution in [0.4, 0.5) is 0 Å². The van der Waals surface area contributed by atoms with E-state index in [-0.39, 0.29) is 23.2 Å². The summed E-state index contributed by atoms with van der Waals surface area (Å²) in [6.45, 7) is 4.43. The molecule has 1 spiro atoms. The Hall–Kier alpha value is -2.71. The molecule has 9 heteroatoms. The van der Waals surface area contributed by atoms with E-state index < -0.39 is 0 Å². The van der Waals surface area contributed by atoms with E-state index in [2.05, 4.69) is 15.3 Å². The van der Waals surface area contributed by atoms with Crippen LogP contribution in [0.25, 0.3) is 0 Å². The van der Waals surface area contributed by atoms with E-state index in [9.17, 15) is 9.59 Å². The zero-order chi connectivity index (χ0) is 20.2. The largest absolute Gasteiger partial charge is 0.425 e. The van der Waals surface area contributed by atoms with Crippen molar-refractivity contribution in [1.29, 1.82) is 0 Å². The topological polar surface area (TPSA) is 97.4 Å². The summed E-state index contributed by atoms with van der Waals surface area (Å²) in [5.74, 6) is 1.65. The summed E-state index contributed by atoms with van der Waals surface area (Å²) in [6, 6.07) is 0. The molecule has 0 bridgehead atoms. The van der Waals surface area contributed by atoms with Crippen molar-refractivity contribution in [3.8, 4) is 0 Å². The Bertz CT molecular complexity index is 938. The fraction of sp³-hybridized carbons (Fsp3) is 0.650. The van der Waals surface area contributed by atoms with Gasteiger partial charge in [0, 0.05) is 57.7 Å². The Kier molecular flexibility index (Phi) is 4.22. The predicted molar refractivity (Wildman–Crippen MR) is 102 cm³/mol. The maximum atomic E-state index is 13.1. The van der Waals surface area contributed by atoms with E-state index in [1.54, 1.807) is 31.0 Å². The number of rotatable bonds is 3. The average Bonchev–Trinajstić information content (AvgIpc) is 3.17. The third-order valence-corrected chi connectivity index (χ3v) is 6.72. The van der Waals surface area contributed by atoms with E-state index in [4.69, 9.17) is 4.42 Å². The van der Waals surface area contributed by atoms with Crippen LogP contribution in [-0.2, 0) is 11.8 Å². The number of amides is 2. The summed E-state index contributed by atoms with van der Waals surface area (Å²) in [5, 5.41) is 12.4. The predicted octanol–water partition coefficient (Wildman–Crippen LogP) is 1.37. The van der Waals surface area contributed by atoms with Crippen LogP contribution >= 0.6 is 0 Å². The van der Waals surface area contributed by atoms with Crippen LogP contribution in [0.15, 0.2) is 16.8 Å². The highest BCUT2D eigenvalue weighted by molar-refractivity contribution is 5.94. The molecule has 1 aliphatic carbocycles. The molecule has 1 atom stereocenters. The lowest BCUT2D eigenvalue weighted by molar-refractivity contribution is -0.135. The molecule has 29 heavy (non-hydrogen) atoms. The zero-order valence-electron chi connectivity index (χ0n) is 16.9. The highest BCUT2D eigenvalue weighted by atomic mass is 16.4. The van der Waals surface area contributed by atoms with Gasteiger partial charge < -0.3 is 14.2 Å². The van der Waals surface area contributed by atoms with Crippen LogP contribution in [0, 0.1) is 18.3 Å². The first kappa shape index (κ1) is 18.3. The van der Waals surface area contributed by atoms with Crippen molar-refractivity contribution >= 4 is 11.8 Å². The molecule has 2 aliphatic heterocycles. The maximum Gasteiger partial charge on any atom is 0.257 e. The van der Waals surface area contributed by atoms with Gasteiger partial charge in [-0.15, -0.1) is 10.2 Å². The molecular formula is C20H26N6O3. The molecule has 2 saturated heterocycles. The molecule has 1 unspecified atom stereocenters. The van der Waals surface area contributed by atoms with E-state index in [0.29, 0.717) is 36.3 Å². The number of aryl methyl sites for hydroxylation is 2. The van der Waals surface area contributed by atoms with E-state index in [1.165, 1.54) is 0 Å². The third-order valence-electron chi connectivity index (χ3n) is 6.72. The monoisotopic (exact) mass is 398 g/mol. The van der Waals surface area contributed by atoms with Gasteiger partial charge in [0.15, 0.2) is 0 Å². The fourth-order valence-electron chi connectivity index (χ4n) is 4.90. The number of likely N-dealkylation sites (tertiary alicyclic amines) is 2. The molecule has 0 aromatic carbocycles. The average molecular weight is 398 g/mol. The second-order valence-corrected chi connectivity index (χ2v) is 8.76. The summed E-state index contributed by atoms with van der Waals surface area (Å²) in [4.78, 5) is 29.5. The smallest absolute Gasteiger partial charge is 0.257 e. The van der Waals surface area contributed by atoms with Gasteiger partial charge in [-0.2, -0.15) is 5.10 Å². The Balaban J connectivity index is 1.39. The van der Waals surface area contributed by atoms with Gasteiger partial charge in [-0.1, -0.05) is 0 Å². The van der Waals surface area contributed by atoms with Gasteiger partial charge in [0.2, 0.25) is 17.7 Å². The molecule has 4 heterocycles. The SMILES string of the molecule is Cc1nnc(C2CN(C(=O)c3cnn(C)c3)CC23CCN(C(=O)C2CC2)CC3)o1. The van der Waals surface area contributed by atoms with Crippen molar-refractivity contribution in [1.82, 2.24) is 29.8 Å². The van der Waals surface area contributed by atoms with Gasteiger partial charge in [0.25, 0.3) is 5.91 Å². The summed E-state index contributed by atoms with van der Waals surface area (Å²) < 4.78 is 7.44. The Morgan fingerprint density at radius 2 is 1.93 bits per heavy atom. The summed E-state index contributed by atoms with van der Waals surface area (Å²) >= 11 is 0. The number of hydrogen-bond donors (Lipinski definition) is 0. The zero-order valence-corrected chi connectivity index (χ0v) is 16.9. The fourth-order valence-corrected chi connectivity index (χ4v) is 4.90. The molecule has 2 aromatic rings. The standard InChI is InChI=1S/C20H26N6O3/c1-13-22-23-17(29-13)16-11-26(19(28)15-9-21-24(2)10-15)12-20(16)5-7-25(8-6-20)18(27)14-3-4-14/h9-10,14,16H,3-8,11-12H2,1-2H3. The Morgan fingerprint density at radius 1 is 1.17 bits per heavy atom. The summed E-state index contributed by atoms with van der Waals surface area (Å²) in [7, 11) is 1.80. The Morgan fingerprint density at radius 3 is 2.52 bits per heavy atom. The van der Waals surface area contributed by atoms with Crippen LogP contribution in [-0.4, -0.2) is 67.8 Å². The molecular weight excluding hydrogens is 372 g/mol. The minimum absolute atomic E-state index is 0.0116. The first-order valence-corrected chi connectivity index (χ1v) is 10.3. The molecule has 5 rings (SSSR count). The number of piperidine rings is 1. The first-order chi connectivity index (χ1) is 13.9. The minimum Gasteiger partial charge on any atom is -0.425 e. The highest BCUT2D eigenvalue weighted by Crippen LogP contribution is 2.50. The number of nitrogens with zero attached hydrogens (tertiary/aromatic N) is 6. The van der Waals surface area contributed by atoms with Crippen molar-refractivity contribution in [2.24, 2.45) is 18.4 Å². The molecule has 9 nitrogen and oxygen atoms in total.